The molecule has 12 heteroatoms. The summed E-state index contributed by atoms with van der Waals surface area (Å²) in [7, 11) is 2.63. The highest BCUT2D eigenvalue weighted by Crippen LogP contribution is 2.37. The summed E-state index contributed by atoms with van der Waals surface area (Å²) in [6.07, 6.45) is 2.51. The number of nitrogens with zero attached hydrogens (tertiary/aromatic N) is 5. The second-order valence-electron chi connectivity index (χ2n) is 8.77. The summed E-state index contributed by atoms with van der Waals surface area (Å²) in [5.74, 6) is -1.63. The number of hydrogen-bond acceptors (Lipinski definition) is 8. The van der Waals surface area contributed by atoms with E-state index in [1.165, 1.54) is 43.2 Å². The van der Waals surface area contributed by atoms with E-state index in [0.29, 0.717) is 5.39 Å². The van der Waals surface area contributed by atoms with Crippen molar-refractivity contribution in [3.05, 3.63) is 57.6 Å². The molecule has 0 unspecified atom stereocenters. The van der Waals surface area contributed by atoms with Crippen LogP contribution in [0.2, 0.25) is 0 Å². The van der Waals surface area contributed by atoms with Crippen molar-refractivity contribution in [1.29, 1.82) is 0 Å². The SMILES string of the molecule is COC(=O)c1nccc([C@@H](C)Nc2ncnc3c2cc(C2(F)CCN(C(C)=O)CC2)c(=O)n3C)c1F. The maximum absolute atomic E-state index is 16.1. The third-order valence-electron chi connectivity index (χ3n) is 6.61. The Morgan fingerprint density at radius 1 is 1.22 bits per heavy atom. The summed E-state index contributed by atoms with van der Waals surface area (Å²) in [6, 6.07) is 2.16. The van der Waals surface area contributed by atoms with E-state index in [-0.39, 0.29) is 54.4 Å². The third-order valence-corrected chi connectivity index (χ3v) is 6.61. The van der Waals surface area contributed by atoms with Gasteiger partial charge in [0.25, 0.3) is 5.56 Å². The molecule has 1 aliphatic rings. The molecule has 1 aliphatic heterocycles. The number of rotatable bonds is 5. The van der Waals surface area contributed by atoms with Gasteiger partial charge in [-0.2, -0.15) is 0 Å². The molecule has 190 valence electrons. The van der Waals surface area contributed by atoms with Gasteiger partial charge in [0.15, 0.2) is 11.5 Å². The van der Waals surface area contributed by atoms with E-state index in [9.17, 15) is 18.8 Å². The Balaban J connectivity index is 1.74. The average molecular weight is 501 g/mol. The number of methoxy groups -OCH3 is 1. The van der Waals surface area contributed by atoms with Crippen LogP contribution in [0.25, 0.3) is 11.0 Å². The van der Waals surface area contributed by atoms with Gasteiger partial charge in [0, 0.05) is 51.7 Å². The van der Waals surface area contributed by atoms with Crippen LogP contribution >= 0.6 is 0 Å². The zero-order valence-electron chi connectivity index (χ0n) is 20.3. The predicted octanol–water partition coefficient (Wildman–Crippen LogP) is 2.63. The number of hydrogen-bond donors (Lipinski definition) is 1. The number of aryl methyl sites for hydroxylation is 1. The molecule has 1 amide bonds. The minimum Gasteiger partial charge on any atom is -0.464 e. The van der Waals surface area contributed by atoms with Gasteiger partial charge in [0.2, 0.25) is 5.91 Å². The van der Waals surface area contributed by atoms with E-state index < -0.39 is 34.8 Å². The highest BCUT2D eigenvalue weighted by molar-refractivity contribution is 5.88. The number of likely N-dealkylation sites (tertiary alicyclic amines) is 1. The first kappa shape index (κ1) is 25.1. The van der Waals surface area contributed by atoms with Crippen molar-refractivity contribution >= 4 is 28.7 Å². The molecule has 1 N–H and O–H groups in total. The van der Waals surface area contributed by atoms with E-state index in [0.717, 1.165) is 7.11 Å². The van der Waals surface area contributed by atoms with Gasteiger partial charge in [-0.05, 0) is 19.1 Å². The summed E-state index contributed by atoms with van der Waals surface area (Å²) in [5.41, 5.74) is -2.54. The largest absolute Gasteiger partial charge is 0.464 e. The fraction of sp³-hybridized carbons (Fsp3) is 0.417. The van der Waals surface area contributed by atoms with E-state index in [2.05, 4.69) is 25.0 Å². The van der Waals surface area contributed by atoms with Crippen LogP contribution in [0.1, 0.15) is 54.3 Å². The van der Waals surface area contributed by atoms with Crippen molar-refractivity contribution in [2.75, 3.05) is 25.5 Å². The number of amides is 1. The van der Waals surface area contributed by atoms with Crippen LogP contribution in [0.15, 0.2) is 29.5 Å². The van der Waals surface area contributed by atoms with Gasteiger partial charge in [-0.1, -0.05) is 0 Å². The Morgan fingerprint density at radius 2 is 1.92 bits per heavy atom. The van der Waals surface area contributed by atoms with Crippen LogP contribution in [0.5, 0.6) is 0 Å². The van der Waals surface area contributed by atoms with Crippen LogP contribution in [0, 0.1) is 5.82 Å². The highest BCUT2D eigenvalue weighted by Gasteiger charge is 2.40. The molecule has 4 rings (SSSR count). The first-order valence-corrected chi connectivity index (χ1v) is 11.4. The van der Waals surface area contributed by atoms with Gasteiger partial charge in [-0.3, -0.25) is 14.2 Å². The van der Waals surface area contributed by atoms with Gasteiger partial charge in [-0.15, -0.1) is 0 Å². The van der Waals surface area contributed by atoms with Crippen LogP contribution in [0.4, 0.5) is 14.6 Å². The molecule has 3 aromatic heterocycles. The second-order valence-corrected chi connectivity index (χ2v) is 8.77. The standard InChI is InChI=1S/C24H26F2N6O4/c1-13(15-5-8-27-19(18(15)25)23(35)36-4)30-20-16-11-17(22(34)31(3)21(16)29-12-28-20)24(26)6-9-32(10-7-24)14(2)33/h5,8,11-13H,6-7,9-10H2,1-4H3,(H,28,29,30)/t13-/m1/s1. The third kappa shape index (κ3) is 4.38. The molecule has 0 bridgehead atoms. The number of halogens is 2. The zero-order chi connectivity index (χ0) is 26.2. The van der Waals surface area contributed by atoms with Crippen molar-refractivity contribution in [3.63, 3.8) is 0 Å². The average Bonchev–Trinajstić information content (AvgIpc) is 2.86. The second kappa shape index (κ2) is 9.59. The van der Waals surface area contributed by atoms with E-state index in [4.69, 9.17) is 0 Å². The maximum atomic E-state index is 16.1. The monoisotopic (exact) mass is 500 g/mol. The van der Waals surface area contributed by atoms with Crippen molar-refractivity contribution in [1.82, 2.24) is 24.4 Å². The number of fused-ring (bicyclic) bond motifs is 1. The Hall–Kier alpha value is -3.96. The van der Waals surface area contributed by atoms with Gasteiger partial charge >= 0.3 is 5.97 Å². The lowest BCUT2D eigenvalue weighted by atomic mass is 9.86. The lowest BCUT2D eigenvalue weighted by Gasteiger charge is -2.36. The van der Waals surface area contributed by atoms with Gasteiger partial charge < -0.3 is 15.0 Å². The smallest absolute Gasteiger partial charge is 0.359 e. The molecule has 0 spiro atoms. The van der Waals surface area contributed by atoms with Gasteiger partial charge in [0.05, 0.1) is 24.1 Å². The normalized spacial score (nSPS) is 16.0. The van der Waals surface area contributed by atoms with Crippen molar-refractivity contribution < 1.29 is 23.1 Å². The van der Waals surface area contributed by atoms with Crippen LogP contribution in [-0.2, 0) is 22.2 Å². The number of anilines is 1. The molecule has 0 aromatic carbocycles. The summed E-state index contributed by atoms with van der Waals surface area (Å²) in [4.78, 5) is 50.3. The van der Waals surface area contributed by atoms with Crippen LogP contribution in [-0.4, -0.2) is 56.5 Å². The lowest BCUT2D eigenvalue weighted by Crippen LogP contribution is -2.45. The Bertz CT molecular complexity index is 1400. The highest BCUT2D eigenvalue weighted by atomic mass is 19.1. The lowest BCUT2D eigenvalue weighted by molar-refractivity contribution is -0.131. The molecule has 1 fully saturated rings. The summed E-state index contributed by atoms with van der Waals surface area (Å²) in [6.45, 7) is 3.48. The number of nitrogens with one attached hydrogen (secondary N) is 1. The molecule has 10 nitrogen and oxygen atoms in total. The zero-order valence-corrected chi connectivity index (χ0v) is 20.3. The number of alkyl halides is 1. The molecule has 1 saturated heterocycles. The fourth-order valence-corrected chi connectivity index (χ4v) is 4.47. The number of ether oxygens (including phenoxy) is 1. The minimum absolute atomic E-state index is 0.0152. The summed E-state index contributed by atoms with van der Waals surface area (Å²) in [5, 5.41) is 3.45. The Kier molecular flexibility index (Phi) is 6.70. The molecule has 3 aromatic rings. The number of piperidine rings is 1. The van der Waals surface area contributed by atoms with Crippen LogP contribution < -0.4 is 10.9 Å². The van der Waals surface area contributed by atoms with Gasteiger partial charge in [-0.25, -0.2) is 28.5 Å². The number of esters is 1. The van der Waals surface area contributed by atoms with Crippen LogP contribution in [0.3, 0.4) is 0 Å². The molecule has 0 aliphatic carbocycles. The molecule has 1 atom stereocenters. The quantitative estimate of drug-likeness (QED) is 0.531. The summed E-state index contributed by atoms with van der Waals surface area (Å²) >= 11 is 0. The first-order valence-electron chi connectivity index (χ1n) is 11.4. The fourth-order valence-electron chi connectivity index (χ4n) is 4.47. The Morgan fingerprint density at radius 3 is 2.56 bits per heavy atom. The number of aromatic nitrogens is 4. The summed E-state index contributed by atoms with van der Waals surface area (Å²) < 4.78 is 36.9. The molecular formula is C24H26F2N6O4. The topological polar surface area (TPSA) is 119 Å². The van der Waals surface area contributed by atoms with Crippen molar-refractivity contribution in [2.24, 2.45) is 7.05 Å². The molecular weight excluding hydrogens is 474 g/mol. The predicted molar refractivity (Wildman–Crippen MR) is 127 cm³/mol. The minimum atomic E-state index is -1.93. The van der Waals surface area contributed by atoms with E-state index in [1.54, 1.807) is 11.8 Å². The Labute approximate surface area is 205 Å². The van der Waals surface area contributed by atoms with E-state index >= 15 is 4.39 Å². The maximum Gasteiger partial charge on any atom is 0.359 e. The van der Waals surface area contributed by atoms with Gasteiger partial charge in [0.1, 0.15) is 23.5 Å². The molecule has 0 saturated carbocycles. The number of carbonyl (C=O) groups excluding carboxylic acids is 2. The molecule has 36 heavy (non-hydrogen) atoms. The van der Waals surface area contributed by atoms with Crippen molar-refractivity contribution in [2.45, 2.75) is 38.4 Å². The number of carbonyl (C=O) groups is 2. The molecule has 4 heterocycles. The van der Waals surface area contributed by atoms with Crippen molar-refractivity contribution in [3.8, 4) is 0 Å². The van der Waals surface area contributed by atoms with E-state index in [1.807, 2.05) is 0 Å². The first-order chi connectivity index (χ1) is 17.1. The number of pyridine rings is 2. The molecule has 0 radical (unpaired) electrons.